The van der Waals surface area contributed by atoms with Gasteiger partial charge >= 0.3 is 0 Å². The maximum absolute atomic E-state index is 12.6. The number of fused-ring (bicyclic) bond motifs is 1. The van der Waals surface area contributed by atoms with Gasteiger partial charge in [0.1, 0.15) is 5.58 Å². The average Bonchev–Trinajstić information content (AvgIpc) is 3.14. The Morgan fingerprint density at radius 3 is 2.40 bits per heavy atom. The third-order valence-electron chi connectivity index (χ3n) is 4.75. The maximum Gasteiger partial charge on any atom is 0.291 e. The van der Waals surface area contributed by atoms with Crippen LogP contribution in [-0.4, -0.2) is 11.8 Å². The second kappa shape index (κ2) is 8.05. The van der Waals surface area contributed by atoms with E-state index in [0.29, 0.717) is 27.5 Å². The number of anilines is 2. The molecule has 1 aromatic heterocycles. The van der Waals surface area contributed by atoms with Gasteiger partial charge in [-0.3, -0.25) is 9.59 Å². The third-order valence-corrected chi connectivity index (χ3v) is 5.06. The van der Waals surface area contributed by atoms with Crippen molar-refractivity contribution in [3.05, 3.63) is 94.2 Å². The van der Waals surface area contributed by atoms with Crippen molar-refractivity contribution in [2.45, 2.75) is 13.8 Å². The van der Waals surface area contributed by atoms with Gasteiger partial charge in [0.2, 0.25) is 0 Å². The van der Waals surface area contributed by atoms with Gasteiger partial charge in [-0.15, -0.1) is 0 Å². The summed E-state index contributed by atoms with van der Waals surface area (Å²) >= 11 is 6.17. The molecule has 3 aromatic carbocycles. The van der Waals surface area contributed by atoms with Gasteiger partial charge in [0, 0.05) is 16.8 Å². The van der Waals surface area contributed by atoms with Crippen LogP contribution in [-0.2, 0) is 0 Å². The number of carbonyl (C=O) groups is 2. The maximum atomic E-state index is 12.6. The minimum Gasteiger partial charge on any atom is -0.451 e. The molecule has 0 radical (unpaired) electrons. The molecule has 0 bridgehead atoms. The van der Waals surface area contributed by atoms with Crippen LogP contribution >= 0.6 is 11.6 Å². The highest BCUT2D eigenvalue weighted by Crippen LogP contribution is 2.24. The van der Waals surface area contributed by atoms with Crippen molar-refractivity contribution >= 4 is 45.8 Å². The average molecular weight is 419 g/mol. The fourth-order valence-electron chi connectivity index (χ4n) is 3.16. The molecule has 0 spiro atoms. The molecule has 0 aliphatic heterocycles. The van der Waals surface area contributed by atoms with Crippen LogP contribution in [0.2, 0.25) is 5.02 Å². The van der Waals surface area contributed by atoms with Crippen molar-refractivity contribution in [2.75, 3.05) is 10.6 Å². The van der Waals surface area contributed by atoms with Crippen LogP contribution in [0.3, 0.4) is 0 Å². The summed E-state index contributed by atoms with van der Waals surface area (Å²) in [7, 11) is 0. The van der Waals surface area contributed by atoms with Crippen LogP contribution in [0.1, 0.15) is 32.0 Å². The van der Waals surface area contributed by atoms with E-state index in [9.17, 15) is 9.59 Å². The van der Waals surface area contributed by atoms with E-state index in [1.54, 1.807) is 36.4 Å². The van der Waals surface area contributed by atoms with Crippen molar-refractivity contribution in [1.29, 1.82) is 0 Å². The summed E-state index contributed by atoms with van der Waals surface area (Å²) in [6, 6.07) is 19.7. The molecule has 0 unspecified atom stereocenters. The molecule has 150 valence electrons. The van der Waals surface area contributed by atoms with Crippen LogP contribution in [0.4, 0.5) is 11.4 Å². The van der Waals surface area contributed by atoms with Crippen molar-refractivity contribution in [3.63, 3.8) is 0 Å². The number of para-hydroxylation sites is 1. The van der Waals surface area contributed by atoms with E-state index in [-0.39, 0.29) is 17.6 Å². The Balaban J connectivity index is 1.48. The zero-order valence-corrected chi connectivity index (χ0v) is 17.2. The summed E-state index contributed by atoms with van der Waals surface area (Å²) < 4.78 is 5.61. The summed E-state index contributed by atoms with van der Waals surface area (Å²) in [5.41, 5.74) is 4.08. The Morgan fingerprint density at radius 2 is 1.67 bits per heavy atom. The van der Waals surface area contributed by atoms with Gasteiger partial charge in [-0.25, -0.2) is 0 Å². The molecule has 6 heteroatoms. The number of hydrogen-bond donors (Lipinski definition) is 2. The Morgan fingerprint density at radius 1 is 0.867 bits per heavy atom. The number of rotatable bonds is 4. The zero-order chi connectivity index (χ0) is 21.3. The molecule has 4 aromatic rings. The highest BCUT2D eigenvalue weighted by atomic mass is 35.5. The number of amides is 2. The van der Waals surface area contributed by atoms with Gasteiger partial charge in [0.05, 0.1) is 10.6 Å². The number of furan rings is 1. The molecule has 0 saturated carbocycles. The van der Waals surface area contributed by atoms with Crippen molar-refractivity contribution in [2.24, 2.45) is 0 Å². The molecule has 2 amide bonds. The zero-order valence-electron chi connectivity index (χ0n) is 16.5. The molecule has 0 saturated heterocycles. The lowest BCUT2D eigenvalue weighted by Gasteiger charge is -2.11. The summed E-state index contributed by atoms with van der Waals surface area (Å²) in [6.07, 6.45) is 0. The molecule has 4 rings (SSSR count). The number of carbonyl (C=O) groups excluding carboxylic acids is 2. The predicted octanol–water partition coefficient (Wildman–Crippen LogP) is 6.21. The Bertz CT molecular complexity index is 1240. The standard InChI is InChI=1S/C24H19ClN2O3/c1-14-7-9-18(19(25)11-14)23(28)26-17-8-10-20(15(2)12-17)27-24(29)22-13-16-5-3-4-6-21(16)30-22/h3-13H,1-2H3,(H,26,28)(H,27,29). The Hall–Kier alpha value is -3.57. The summed E-state index contributed by atoms with van der Waals surface area (Å²) in [4.78, 5) is 25.1. The smallest absolute Gasteiger partial charge is 0.291 e. The number of halogens is 1. The van der Waals surface area contributed by atoms with Gasteiger partial charge in [0.15, 0.2) is 5.76 Å². The van der Waals surface area contributed by atoms with Gasteiger partial charge < -0.3 is 15.1 Å². The first-order valence-electron chi connectivity index (χ1n) is 9.39. The lowest BCUT2D eigenvalue weighted by atomic mass is 10.1. The monoisotopic (exact) mass is 418 g/mol. The number of aryl methyl sites for hydroxylation is 2. The molecule has 0 aliphatic carbocycles. The van der Waals surface area contributed by atoms with E-state index in [0.717, 1.165) is 16.5 Å². The number of nitrogens with one attached hydrogen (secondary N) is 2. The van der Waals surface area contributed by atoms with E-state index in [4.69, 9.17) is 16.0 Å². The second-order valence-corrected chi connectivity index (χ2v) is 7.48. The van der Waals surface area contributed by atoms with Gasteiger partial charge in [0.25, 0.3) is 11.8 Å². The van der Waals surface area contributed by atoms with E-state index in [2.05, 4.69) is 10.6 Å². The first-order valence-corrected chi connectivity index (χ1v) is 9.76. The van der Waals surface area contributed by atoms with Gasteiger partial charge in [-0.2, -0.15) is 0 Å². The quantitative estimate of drug-likeness (QED) is 0.414. The number of benzene rings is 3. The minimum absolute atomic E-state index is 0.238. The van der Waals surface area contributed by atoms with Crippen molar-refractivity contribution in [1.82, 2.24) is 0 Å². The molecular formula is C24H19ClN2O3. The second-order valence-electron chi connectivity index (χ2n) is 7.07. The van der Waals surface area contributed by atoms with Crippen LogP contribution in [0.25, 0.3) is 11.0 Å². The molecule has 5 nitrogen and oxygen atoms in total. The summed E-state index contributed by atoms with van der Waals surface area (Å²) in [5.74, 6) is -0.391. The fourth-order valence-corrected chi connectivity index (χ4v) is 3.48. The molecule has 0 fully saturated rings. The van der Waals surface area contributed by atoms with E-state index >= 15 is 0 Å². The Labute approximate surface area is 178 Å². The summed E-state index contributed by atoms with van der Waals surface area (Å²) in [5, 5.41) is 6.95. The topological polar surface area (TPSA) is 71.3 Å². The van der Waals surface area contributed by atoms with Crippen LogP contribution in [0.15, 0.2) is 71.1 Å². The van der Waals surface area contributed by atoms with Gasteiger partial charge in [-0.1, -0.05) is 35.9 Å². The predicted molar refractivity (Wildman–Crippen MR) is 119 cm³/mol. The van der Waals surface area contributed by atoms with Crippen LogP contribution in [0, 0.1) is 13.8 Å². The lowest BCUT2D eigenvalue weighted by molar-refractivity contribution is 0.0996. The minimum atomic E-state index is -0.336. The lowest BCUT2D eigenvalue weighted by Crippen LogP contribution is -2.14. The highest BCUT2D eigenvalue weighted by molar-refractivity contribution is 6.34. The van der Waals surface area contributed by atoms with E-state index in [1.165, 1.54) is 0 Å². The molecule has 0 atom stereocenters. The fraction of sp³-hybridized carbons (Fsp3) is 0.0833. The van der Waals surface area contributed by atoms with Crippen molar-refractivity contribution < 1.29 is 14.0 Å². The molecule has 1 heterocycles. The molecular weight excluding hydrogens is 400 g/mol. The van der Waals surface area contributed by atoms with Gasteiger partial charge in [-0.05, 0) is 67.4 Å². The third kappa shape index (κ3) is 4.07. The molecule has 0 aliphatic rings. The normalized spacial score (nSPS) is 10.8. The Kier molecular flexibility index (Phi) is 5.29. The largest absolute Gasteiger partial charge is 0.451 e. The first-order chi connectivity index (χ1) is 14.4. The van der Waals surface area contributed by atoms with E-state index < -0.39 is 0 Å². The first kappa shape index (κ1) is 19.7. The number of hydrogen-bond acceptors (Lipinski definition) is 3. The highest BCUT2D eigenvalue weighted by Gasteiger charge is 2.15. The summed E-state index contributed by atoms with van der Waals surface area (Å²) in [6.45, 7) is 3.76. The molecule has 30 heavy (non-hydrogen) atoms. The van der Waals surface area contributed by atoms with Crippen molar-refractivity contribution in [3.8, 4) is 0 Å². The van der Waals surface area contributed by atoms with Crippen LogP contribution < -0.4 is 10.6 Å². The van der Waals surface area contributed by atoms with Crippen LogP contribution in [0.5, 0.6) is 0 Å². The van der Waals surface area contributed by atoms with E-state index in [1.807, 2.05) is 44.2 Å². The SMILES string of the molecule is Cc1ccc(C(=O)Nc2ccc(NC(=O)c3cc4ccccc4o3)c(C)c2)c(Cl)c1. The molecule has 2 N–H and O–H groups in total.